The van der Waals surface area contributed by atoms with E-state index in [1.165, 1.54) is 15.8 Å². The third-order valence-corrected chi connectivity index (χ3v) is 5.07. The minimum Gasteiger partial charge on any atom is -0.338 e. The maximum Gasteiger partial charge on any atom is 0.263 e. The zero-order chi connectivity index (χ0) is 11.0. The van der Waals surface area contributed by atoms with E-state index in [4.69, 9.17) is 0 Å². The van der Waals surface area contributed by atoms with Crippen molar-refractivity contribution >= 4 is 38.0 Å². The van der Waals surface area contributed by atoms with E-state index in [0.29, 0.717) is 0 Å². The van der Waals surface area contributed by atoms with Gasteiger partial charge in [0.2, 0.25) is 0 Å². The molecule has 2 aromatic heterocycles. The fourth-order valence-electron chi connectivity index (χ4n) is 2.12. The molecule has 3 heterocycles. The molecule has 1 amide bonds. The molecule has 4 heteroatoms. The van der Waals surface area contributed by atoms with Crippen molar-refractivity contribution in [2.45, 2.75) is 19.3 Å². The van der Waals surface area contributed by atoms with Gasteiger partial charge in [-0.1, -0.05) is 0 Å². The van der Waals surface area contributed by atoms with Gasteiger partial charge in [-0.3, -0.25) is 4.79 Å². The Balaban J connectivity index is 1.86. The number of carbonyl (C=O) groups is 1. The second kappa shape index (κ2) is 4.18. The molecule has 1 fully saturated rings. The van der Waals surface area contributed by atoms with E-state index in [0.717, 1.165) is 30.8 Å². The summed E-state index contributed by atoms with van der Waals surface area (Å²) in [5.74, 6) is 0.230. The monoisotopic (exact) mass is 251 g/mol. The van der Waals surface area contributed by atoms with E-state index >= 15 is 0 Å². The van der Waals surface area contributed by atoms with Crippen molar-refractivity contribution in [1.82, 2.24) is 4.90 Å². The highest BCUT2D eigenvalue weighted by atomic mass is 32.1. The Hall–Kier alpha value is -0.870. The molecule has 1 aliphatic heterocycles. The summed E-state index contributed by atoms with van der Waals surface area (Å²) in [6.07, 6.45) is 3.58. The summed E-state index contributed by atoms with van der Waals surface area (Å²) < 4.78 is 2.48. The van der Waals surface area contributed by atoms with Gasteiger partial charge in [-0.2, -0.15) is 0 Å². The molecule has 1 saturated heterocycles. The van der Waals surface area contributed by atoms with Crippen molar-refractivity contribution in [2.24, 2.45) is 0 Å². The average Bonchev–Trinajstić information content (AvgIpc) is 2.89. The maximum absolute atomic E-state index is 12.2. The minimum atomic E-state index is 0.230. The van der Waals surface area contributed by atoms with Crippen molar-refractivity contribution < 1.29 is 4.79 Å². The first-order chi connectivity index (χ1) is 7.84. The number of fused-ring (bicyclic) bond motifs is 1. The molecule has 0 spiro atoms. The van der Waals surface area contributed by atoms with Gasteiger partial charge in [-0.15, -0.1) is 22.7 Å². The second-order valence-corrected chi connectivity index (χ2v) is 6.14. The van der Waals surface area contributed by atoms with Crippen molar-refractivity contribution in [1.29, 1.82) is 0 Å². The van der Waals surface area contributed by atoms with Crippen molar-refractivity contribution in [3.63, 3.8) is 0 Å². The Labute approximate surface area is 102 Å². The van der Waals surface area contributed by atoms with Crippen LogP contribution in [0.5, 0.6) is 0 Å². The van der Waals surface area contributed by atoms with Crippen LogP contribution in [0.3, 0.4) is 0 Å². The van der Waals surface area contributed by atoms with Gasteiger partial charge in [0, 0.05) is 22.5 Å². The highest BCUT2D eigenvalue weighted by molar-refractivity contribution is 7.27. The predicted octanol–water partition coefficient (Wildman–Crippen LogP) is 3.59. The average molecular weight is 251 g/mol. The molecule has 3 rings (SSSR count). The summed E-state index contributed by atoms with van der Waals surface area (Å²) in [5, 5.41) is 2.08. The van der Waals surface area contributed by atoms with Crippen LogP contribution in [-0.2, 0) is 0 Å². The second-order valence-electron chi connectivity index (χ2n) is 4.11. The lowest BCUT2D eigenvalue weighted by molar-refractivity contribution is 0.0729. The number of hydrogen-bond acceptors (Lipinski definition) is 3. The molecule has 0 aliphatic carbocycles. The highest BCUT2D eigenvalue weighted by Gasteiger charge is 2.20. The molecule has 0 bridgehead atoms. The Morgan fingerprint density at radius 3 is 2.75 bits per heavy atom. The van der Waals surface area contributed by atoms with Gasteiger partial charge in [0.15, 0.2) is 0 Å². The molecule has 1 aliphatic rings. The standard InChI is InChI=1S/C12H13NOS2/c14-12(13-5-2-1-3-6-13)11-8-10-9(16-11)4-7-15-10/h4,7-8H,1-3,5-6H2. The molecule has 2 nitrogen and oxygen atoms in total. The van der Waals surface area contributed by atoms with Gasteiger partial charge in [0.05, 0.1) is 4.88 Å². The van der Waals surface area contributed by atoms with E-state index < -0.39 is 0 Å². The lowest BCUT2D eigenvalue weighted by Gasteiger charge is -2.26. The number of nitrogens with zero attached hydrogens (tertiary/aromatic N) is 1. The summed E-state index contributed by atoms with van der Waals surface area (Å²) in [6.45, 7) is 1.87. The molecule has 84 valence electrons. The van der Waals surface area contributed by atoms with Crippen LogP contribution in [0.2, 0.25) is 0 Å². The first-order valence-electron chi connectivity index (χ1n) is 5.61. The van der Waals surface area contributed by atoms with E-state index in [-0.39, 0.29) is 5.91 Å². The highest BCUT2D eigenvalue weighted by Crippen LogP contribution is 2.31. The number of hydrogen-bond donors (Lipinski definition) is 0. The molecule has 2 aromatic rings. The number of thiophene rings is 2. The van der Waals surface area contributed by atoms with Crippen LogP contribution in [0.4, 0.5) is 0 Å². The molecular formula is C12H13NOS2. The first kappa shape index (κ1) is 10.3. The molecular weight excluding hydrogens is 238 g/mol. The van der Waals surface area contributed by atoms with Crippen molar-refractivity contribution in [2.75, 3.05) is 13.1 Å². The van der Waals surface area contributed by atoms with Crippen LogP contribution in [0.25, 0.3) is 9.40 Å². The normalized spacial score (nSPS) is 16.9. The molecule has 0 saturated carbocycles. The summed E-state index contributed by atoms with van der Waals surface area (Å²) in [4.78, 5) is 15.1. The van der Waals surface area contributed by atoms with Crippen LogP contribution < -0.4 is 0 Å². The Kier molecular flexibility index (Phi) is 2.69. The van der Waals surface area contributed by atoms with Gasteiger partial charge < -0.3 is 4.90 Å². The van der Waals surface area contributed by atoms with Crippen LogP contribution >= 0.6 is 22.7 Å². The lowest BCUT2D eigenvalue weighted by atomic mass is 10.1. The number of piperidine rings is 1. The summed E-state index contributed by atoms with van der Waals surface area (Å²) >= 11 is 3.34. The van der Waals surface area contributed by atoms with Crippen LogP contribution in [-0.4, -0.2) is 23.9 Å². The number of carbonyl (C=O) groups excluding carboxylic acids is 1. The summed E-state index contributed by atoms with van der Waals surface area (Å²) in [6, 6.07) is 4.14. The van der Waals surface area contributed by atoms with Crippen LogP contribution in [0.15, 0.2) is 17.5 Å². The molecule has 16 heavy (non-hydrogen) atoms. The third-order valence-electron chi connectivity index (χ3n) is 2.99. The Bertz CT molecular complexity index is 479. The smallest absolute Gasteiger partial charge is 0.263 e. The fraction of sp³-hybridized carbons (Fsp3) is 0.417. The zero-order valence-corrected chi connectivity index (χ0v) is 10.6. The lowest BCUT2D eigenvalue weighted by Crippen LogP contribution is -2.35. The van der Waals surface area contributed by atoms with Gasteiger partial charge >= 0.3 is 0 Å². The quantitative estimate of drug-likeness (QED) is 0.758. The van der Waals surface area contributed by atoms with Crippen molar-refractivity contribution in [3.8, 4) is 0 Å². The zero-order valence-electron chi connectivity index (χ0n) is 8.94. The predicted molar refractivity (Wildman–Crippen MR) is 69.5 cm³/mol. The molecule has 0 atom stereocenters. The van der Waals surface area contributed by atoms with E-state index in [2.05, 4.69) is 11.4 Å². The molecule has 0 unspecified atom stereocenters. The summed E-state index contributed by atoms with van der Waals surface area (Å²) in [5.41, 5.74) is 0. The Morgan fingerprint density at radius 1 is 1.19 bits per heavy atom. The SMILES string of the molecule is O=C(c1cc2sccc2s1)N1CCCCC1. The topological polar surface area (TPSA) is 20.3 Å². The third kappa shape index (κ3) is 1.76. The first-order valence-corrected chi connectivity index (χ1v) is 7.30. The van der Waals surface area contributed by atoms with Crippen LogP contribution in [0.1, 0.15) is 28.9 Å². The largest absolute Gasteiger partial charge is 0.338 e. The van der Waals surface area contributed by atoms with Gasteiger partial charge in [0.1, 0.15) is 0 Å². The van der Waals surface area contributed by atoms with E-state index in [1.807, 2.05) is 11.0 Å². The number of amides is 1. The summed E-state index contributed by atoms with van der Waals surface area (Å²) in [7, 11) is 0. The van der Waals surface area contributed by atoms with Crippen LogP contribution in [0, 0.1) is 0 Å². The number of rotatable bonds is 1. The van der Waals surface area contributed by atoms with Gasteiger partial charge in [0.25, 0.3) is 5.91 Å². The van der Waals surface area contributed by atoms with Gasteiger partial charge in [-0.25, -0.2) is 0 Å². The Morgan fingerprint density at radius 2 is 2.00 bits per heavy atom. The van der Waals surface area contributed by atoms with Gasteiger partial charge in [-0.05, 0) is 36.8 Å². The maximum atomic E-state index is 12.2. The molecule has 0 radical (unpaired) electrons. The molecule has 0 aromatic carbocycles. The van der Waals surface area contributed by atoms with E-state index in [1.54, 1.807) is 22.7 Å². The van der Waals surface area contributed by atoms with Crippen molar-refractivity contribution in [3.05, 3.63) is 22.4 Å². The minimum absolute atomic E-state index is 0.230. The number of likely N-dealkylation sites (tertiary alicyclic amines) is 1. The fourth-order valence-corrected chi connectivity index (χ4v) is 4.20. The molecule has 0 N–H and O–H groups in total. The van der Waals surface area contributed by atoms with E-state index in [9.17, 15) is 4.79 Å².